The molecule has 2 atom stereocenters. The standard InChI is InChI=1S/C14H20O4.C2H6/c1-9-6-11(7-12(16-2)13(9)17-3)14-10(8-15)4-5-18-14;1-2/h6-7,10,14-15H,4-5,8H2,1-3H3;1-2H3/t10-,14+;/m1./s1. The quantitative estimate of drug-likeness (QED) is 0.922. The van der Waals surface area contributed by atoms with Gasteiger partial charge >= 0.3 is 0 Å². The molecule has 1 heterocycles. The van der Waals surface area contributed by atoms with Crippen molar-refractivity contribution in [1.29, 1.82) is 0 Å². The predicted molar refractivity (Wildman–Crippen MR) is 79.5 cm³/mol. The minimum absolute atomic E-state index is 0.0477. The lowest BCUT2D eigenvalue weighted by Crippen LogP contribution is -2.12. The van der Waals surface area contributed by atoms with E-state index in [1.165, 1.54) is 0 Å². The van der Waals surface area contributed by atoms with E-state index in [0.717, 1.165) is 23.3 Å². The average molecular weight is 282 g/mol. The number of ether oxygens (including phenoxy) is 3. The van der Waals surface area contributed by atoms with Gasteiger partial charge in [-0.25, -0.2) is 0 Å². The van der Waals surface area contributed by atoms with Gasteiger partial charge < -0.3 is 19.3 Å². The second-order valence-electron chi connectivity index (χ2n) is 4.60. The monoisotopic (exact) mass is 282 g/mol. The summed E-state index contributed by atoms with van der Waals surface area (Å²) in [6, 6.07) is 3.98. The minimum Gasteiger partial charge on any atom is -0.493 e. The molecule has 114 valence electrons. The summed E-state index contributed by atoms with van der Waals surface area (Å²) in [5, 5.41) is 9.36. The number of hydrogen-bond donors (Lipinski definition) is 1. The molecular weight excluding hydrogens is 256 g/mol. The van der Waals surface area contributed by atoms with Crippen molar-refractivity contribution in [2.24, 2.45) is 5.92 Å². The van der Waals surface area contributed by atoms with Crippen LogP contribution in [0.25, 0.3) is 0 Å². The summed E-state index contributed by atoms with van der Waals surface area (Å²) in [6.45, 7) is 6.83. The van der Waals surface area contributed by atoms with E-state index in [9.17, 15) is 5.11 Å². The number of methoxy groups -OCH3 is 2. The van der Waals surface area contributed by atoms with Crippen LogP contribution in [0.15, 0.2) is 12.1 Å². The van der Waals surface area contributed by atoms with E-state index < -0.39 is 0 Å². The molecule has 1 aliphatic heterocycles. The van der Waals surface area contributed by atoms with Crippen LogP contribution >= 0.6 is 0 Å². The molecule has 1 saturated heterocycles. The zero-order valence-electron chi connectivity index (χ0n) is 13.1. The lowest BCUT2D eigenvalue weighted by atomic mass is 9.94. The molecule has 4 heteroatoms. The first-order chi connectivity index (χ1) is 9.71. The highest BCUT2D eigenvalue weighted by Gasteiger charge is 2.30. The van der Waals surface area contributed by atoms with E-state index in [1.807, 2.05) is 32.9 Å². The summed E-state index contributed by atoms with van der Waals surface area (Å²) < 4.78 is 16.4. The Bertz CT molecular complexity index is 417. The molecule has 0 saturated carbocycles. The lowest BCUT2D eigenvalue weighted by molar-refractivity contribution is 0.0718. The van der Waals surface area contributed by atoms with Crippen LogP contribution in [-0.2, 0) is 4.74 Å². The predicted octanol–water partition coefficient (Wildman–Crippen LogP) is 3.11. The van der Waals surface area contributed by atoms with Crippen LogP contribution in [0.4, 0.5) is 0 Å². The van der Waals surface area contributed by atoms with E-state index >= 15 is 0 Å². The normalized spacial score (nSPS) is 21.1. The molecule has 1 aromatic rings. The van der Waals surface area contributed by atoms with Crippen molar-refractivity contribution in [2.45, 2.75) is 33.3 Å². The summed E-state index contributed by atoms with van der Waals surface area (Å²) in [5.74, 6) is 1.63. The van der Waals surface area contributed by atoms with Crippen LogP contribution in [0.3, 0.4) is 0 Å². The van der Waals surface area contributed by atoms with E-state index in [2.05, 4.69) is 0 Å². The summed E-state index contributed by atoms with van der Waals surface area (Å²) in [4.78, 5) is 0. The second kappa shape index (κ2) is 8.12. The molecule has 0 aliphatic carbocycles. The summed E-state index contributed by atoms with van der Waals surface area (Å²) in [5.41, 5.74) is 2.06. The third kappa shape index (κ3) is 3.44. The molecule has 0 bridgehead atoms. The summed E-state index contributed by atoms with van der Waals surface area (Å²) in [6.07, 6.45) is 0.850. The highest BCUT2D eigenvalue weighted by molar-refractivity contribution is 5.49. The van der Waals surface area contributed by atoms with Crippen molar-refractivity contribution >= 4 is 0 Å². The van der Waals surface area contributed by atoms with Crippen molar-refractivity contribution in [3.8, 4) is 11.5 Å². The molecule has 4 nitrogen and oxygen atoms in total. The molecule has 0 unspecified atom stereocenters. The zero-order chi connectivity index (χ0) is 15.1. The highest BCUT2D eigenvalue weighted by atomic mass is 16.5. The van der Waals surface area contributed by atoms with Gasteiger partial charge in [0.05, 0.1) is 20.3 Å². The maximum absolute atomic E-state index is 9.36. The number of benzene rings is 1. The number of rotatable bonds is 4. The molecule has 1 N–H and O–H groups in total. The fourth-order valence-electron chi connectivity index (χ4n) is 2.54. The summed E-state index contributed by atoms with van der Waals surface area (Å²) in [7, 11) is 3.26. The highest BCUT2D eigenvalue weighted by Crippen LogP contribution is 2.40. The van der Waals surface area contributed by atoms with Crippen molar-refractivity contribution in [2.75, 3.05) is 27.4 Å². The molecular formula is C16H26O4. The maximum Gasteiger partial charge on any atom is 0.163 e. The second-order valence-corrected chi connectivity index (χ2v) is 4.60. The van der Waals surface area contributed by atoms with Crippen LogP contribution in [0, 0.1) is 12.8 Å². The zero-order valence-corrected chi connectivity index (χ0v) is 13.1. The van der Waals surface area contributed by atoms with Crippen LogP contribution in [0.5, 0.6) is 11.5 Å². The molecule has 0 radical (unpaired) electrons. The van der Waals surface area contributed by atoms with Gasteiger partial charge in [-0.05, 0) is 36.6 Å². The van der Waals surface area contributed by atoms with Crippen molar-refractivity contribution < 1.29 is 19.3 Å². The SMILES string of the molecule is CC.COc1cc([C@H]2OCC[C@@H]2CO)cc(C)c1OC. The van der Waals surface area contributed by atoms with Crippen molar-refractivity contribution in [3.05, 3.63) is 23.3 Å². The fourth-order valence-corrected chi connectivity index (χ4v) is 2.54. The van der Waals surface area contributed by atoms with Gasteiger partial charge in [0.25, 0.3) is 0 Å². The Balaban J connectivity index is 0.000000956. The van der Waals surface area contributed by atoms with Gasteiger partial charge in [0.15, 0.2) is 11.5 Å². The average Bonchev–Trinajstić information content (AvgIpc) is 2.96. The van der Waals surface area contributed by atoms with Crippen LogP contribution in [-0.4, -0.2) is 32.5 Å². The van der Waals surface area contributed by atoms with Crippen molar-refractivity contribution in [1.82, 2.24) is 0 Å². The van der Waals surface area contributed by atoms with E-state index in [4.69, 9.17) is 14.2 Å². The van der Waals surface area contributed by atoms with Gasteiger partial charge in [-0.3, -0.25) is 0 Å². The molecule has 0 aromatic heterocycles. The number of hydrogen-bond acceptors (Lipinski definition) is 4. The topological polar surface area (TPSA) is 47.9 Å². The largest absolute Gasteiger partial charge is 0.493 e. The summed E-state index contributed by atoms with van der Waals surface area (Å²) >= 11 is 0. The maximum atomic E-state index is 9.36. The van der Waals surface area contributed by atoms with Gasteiger partial charge in [-0.2, -0.15) is 0 Å². The van der Waals surface area contributed by atoms with Gasteiger partial charge in [-0.1, -0.05) is 13.8 Å². The van der Waals surface area contributed by atoms with Crippen LogP contribution in [0.1, 0.15) is 37.5 Å². The van der Waals surface area contributed by atoms with Crippen molar-refractivity contribution in [3.63, 3.8) is 0 Å². The Labute approximate surface area is 121 Å². The molecule has 20 heavy (non-hydrogen) atoms. The van der Waals surface area contributed by atoms with Crippen LogP contribution < -0.4 is 9.47 Å². The molecule has 0 amide bonds. The third-order valence-corrected chi connectivity index (χ3v) is 3.46. The van der Waals surface area contributed by atoms with E-state index in [1.54, 1.807) is 14.2 Å². The smallest absolute Gasteiger partial charge is 0.163 e. The van der Waals surface area contributed by atoms with Gasteiger partial charge in [0.2, 0.25) is 0 Å². The number of aliphatic hydroxyl groups is 1. The molecule has 0 spiro atoms. The van der Waals surface area contributed by atoms with Crippen LogP contribution in [0.2, 0.25) is 0 Å². The Hall–Kier alpha value is -1.26. The third-order valence-electron chi connectivity index (χ3n) is 3.46. The Morgan fingerprint density at radius 1 is 1.25 bits per heavy atom. The first-order valence-corrected chi connectivity index (χ1v) is 7.16. The fraction of sp³-hybridized carbons (Fsp3) is 0.625. The first-order valence-electron chi connectivity index (χ1n) is 7.16. The van der Waals surface area contributed by atoms with Gasteiger partial charge in [0.1, 0.15) is 0 Å². The van der Waals surface area contributed by atoms with E-state index in [0.29, 0.717) is 12.4 Å². The molecule has 1 aromatic carbocycles. The molecule has 2 rings (SSSR count). The first kappa shape index (κ1) is 16.8. The lowest BCUT2D eigenvalue weighted by Gasteiger charge is -2.19. The Kier molecular flexibility index (Phi) is 6.82. The van der Waals surface area contributed by atoms with E-state index in [-0.39, 0.29) is 18.6 Å². The van der Waals surface area contributed by atoms with Gasteiger partial charge in [-0.15, -0.1) is 0 Å². The Morgan fingerprint density at radius 3 is 2.50 bits per heavy atom. The minimum atomic E-state index is -0.0477. The molecule has 1 fully saturated rings. The number of aliphatic hydroxyl groups excluding tert-OH is 1. The number of aryl methyl sites for hydroxylation is 1. The Morgan fingerprint density at radius 2 is 1.95 bits per heavy atom. The van der Waals surface area contributed by atoms with Gasteiger partial charge in [0, 0.05) is 19.1 Å². The molecule has 1 aliphatic rings.